The maximum absolute atomic E-state index is 16.5. The van der Waals surface area contributed by atoms with Crippen LogP contribution in [0.4, 0.5) is 14.6 Å². The predicted molar refractivity (Wildman–Crippen MR) is 238 cm³/mol. The highest BCUT2D eigenvalue weighted by atomic mass is 32.7. The van der Waals surface area contributed by atoms with Gasteiger partial charge in [0.25, 0.3) is 5.56 Å². The second-order valence-electron chi connectivity index (χ2n) is 16.6. The monoisotopic (exact) mass is 989 g/mol. The fraction of sp³-hybridized carbons (Fsp3) is 0.725. The van der Waals surface area contributed by atoms with E-state index in [1.165, 1.54) is 79.7 Å². The number of ether oxygens (including phenoxy) is 4. The van der Waals surface area contributed by atoms with Crippen LogP contribution in [-0.2, 0) is 46.4 Å². The number of nitrogens with one attached hydrogen (secondary N) is 1. The summed E-state index contributed by atoms with van der Waals surface area (Å²) in [5.41, 5.74) is 5.39. The number of carbonyl (C=O) groups excluding carboxylic acids is 1. The van der Waals surface area contributed by atoms with Gasteiger partial charge in [0.15, 0.2) is 47.4 Å². The van der Waals surface area contributed by atoms with Crippen molar-refractivity contribution < 1.29 is 60.1 Å². The molecule has 3 fully saturated rings. The molecule has 3 saturated heterocycles. The van der Waals surface area contributed by atoms with Gasteiger partial charge in [-0.05, 0) is 6.42 Å². The molecule has 366 valence electrons. The number of esters is 1. The molecule has 21 nitrogen and oxygen atoms in total. The van der Waals surface area contributed by atoms with Crippen molar-refractivity contribution in [3.63, 3.8) is 0 Å². The first-order valence-electron chi connectivity index (χ1n) is 22.6. The van der Waals surface area contributed by atoms with E-state index in [0.29, 0.717) is 17.8 Å². The van der Waals surface area contributed by atoms with Crippen molar-refractivity contribution in [2.45, 2.75) is 159 Å². The summed E-state index contributed by atoms with van der Waals surface area (Å²) in [5, 5.41) is 0. The highest BCUT2D eigenvalue weighted by Crippen LogP contribution is 2.64. The molecule has 7 rings (SSSR count). The summed E-state index contributed by atoms with van der Waals surface area (Å²) in [6.45, 7) is -4.05. The Morgan fingerprint density at radius 3 is 2.12 bits per heavy atom. The third kappa shape index (κ3) is 12.8. The molecule has 3 aliphatic rings. The number of nitrogens with zero attached hydrogens (tertiary/aromatic N) is 7. The minimum Gasteiger partial charge on any atom is -0.454 e. The molecule has 4 aromatic rings. The zero-order valence-corrected chi connectivity index (χ0v) is 39.4. The number of carbonyl (C=O) groups is 1. The summed E-state index contributed by atoms with van der Waals surface area (Å²) in [6.07, 6.45) is 7.32. The Morgan fingerprint density at radius 1 is 0.818 bits per heavy atom. The number of nitrogen functional groups attached to an aromatic ring is 1. The fourth-order valence-corrected chi connectivity index (χ4v) is 11.8. The normalized spacial score (nSPS) is 29.6. The number of hydrogen-bond donors (Lipinski definition) is 3. The zero-order chi connectivity index (χ0) is 46.7. The number of aromatic nitrogens is 8. The van der Waals surface area contributed by atoms with Gasteiger partial charge in [0.1, 0.15) is 48.5 Å². The summed E-state index contributed by atoms with van der Waals surface area (Å²) in [4.78, 5) is 58.9. The van der Waals surface area contributed by atoms with Gasteiger partial charge in [0.2, 0.25) is 0 Å². The van der Waals surface area contributed by atoms with Crippen molar-refractivity contribution >= 4 is 59.9 Å². The Balaban J connectivity index is 1.01. The number of alkyl halides is 2. The van der Waals surface area contributed by atoms with Gasteiger partial charge in [-0.15, -0.1) is 0 Å². The Bertz CT molecular complexity index is 2360. The minimum atomic E-state index is -4.74. The van der Waals surface area contributed by atoms with Gasteiger partial charge in [-0.25, -0.2) is 38.3 Å². The van der Waals surface area contributed by atoms with E-state index in [4.69, 9.17) is 38.3 Å². The number of rotatable bonds is 21. The Labute approximate surface area is 383 Å². The first-order chi connectivity index (χ1) is 31.9. The molecule has 10 atom stereocenters. The van der Waals surface area contributed by atoms with E-state index in [1.807, 2.05) is 0 Å². The average molecular weight is 990 g/mol. The molecule has 0 saturated carbocycles. The van der Waals surface area contributed by atoms with Crippen LogP contribution in [0.3, 0.4) is 0 Å². The maximum atomic E-state index is 16.5. The molecule has 0 spiro atoms. The molecular formula is C40H59F2N9O12P2S. The number of aromatic amines is 1. The van der Waals surface area contributed by atoms with Gasteiger partial charge in [0.05, 0.1) is 32.2 Å². The third-order valence-electron chi connectivity index (χ3n) is 11.8. The van der Waals surface area contributed by atoms with Crippen LogP contribution in [0.5, 0.6) is 0 Å². The number of imidazole rings is 2. The lowest BCUT2D eigenvalue weighted by molar-refractivity contribution is -0.141. The number of unbranched alkanes of at least 4 members (excludes halogenated alkanes) is 14. The van der Waals surface area contributed by atoms with Gasteiger partial charge in [-0.2, -0.15) is 0 Å². The van der Waals surface area contributed by atoms with Crippen LogP contribution in [0.1, 0.15) is 122 Å². The molecule has 66 heavy (non-hydrogen) atoms. The van der Waals surface area contributed by atoms with Crippen LogP contribution in [-0.4, -0.2) is 112 Å². The molecule has 3 aliphatic heterocycles. The minimum absolute atomic E-state index is 0.0170. The molecule has 4 aromatic heterocycles. The number of anilines is 1. The highest BCUT2D eigenvalue weighted by molar-refractivity contribution is 8.55. The molecule has 2 bridgehead atoms. The van der Waals surface area contributed by atoms with Crippen LogP contribution in [0, 0.1) is 0 Å². The molecule has 7 heterocycles. The molecule has 4 N–H and O–H groups in total. The summed E-state index contributed by atoms with van der Waals surface area (Å²) >= 11 is 0.432. The number of hydrogen-bond acceptors (Lipinski definition) is 18. The number of halogens is 2. The van der Waals surface area contributed by atoms with E-state index in [9.17, 15) is 23.6 Å². The first kappa shape index (κ1) is 50.4. The molecular weight excluding hydrogens is 931 g/mol. The summed E-state index contributed by atoms with van der Waals surface area (Å²) < 4.78 is 104. The largest absolute Gasteiger partial charge is 0.454 e. The first-order valence-corrected chi connectivity index (χ1v) is 27.5. The van der Waals surface area contributed by atoms with Gasteiger partial charge in [0, 0.05) is 17.8 Å². The third-order valence-corrected chi connectivity index (χ3v) is 16.1. The van der Waals surface area contributed by atoms with Crippen LogP contribution in [0.15, 0.2) is 30.1 Å². The van der Waals surface area contributed by atoms with E-state index < -0.39 is 101 Å². The summed E-state index contributed by atoms with van der Waals surface area (Å²) in [7, 11) is -4.74. The van der Waals surface area contributed by atoms with Gasteiger partial charge in [-0.1, -0.05) is 96.8 Å². The molecule has 0 aromatic carbocycles. The fourth-order valence-electron chi connectivity index (χ4n) is 8.21. The second-order valence-corrected chi connectivity index (χ2v) is 22.4. The van der Waals surface area contributed by atoms with Crippen molar-refractivity contribution in [2.24, 2.45) is 0 Å². The standard InChI is InChI=1S/C40H59F2N9O12P2S/c1-2-3-4-5-6-7-8-9-10-11-12-13-14-15-16-17-28(52)58-25-66-65(56)60-19-27-33(30(42)39(62-27)50-22-48-31-35(43)44-20-45-36(31)50)57-24-64(54,55)59-18-26-29(41)34(63-65)40(61-26)51-23-49-32-37(51)46-21-47-38(32)53/h20-23,26-27,29-30,33-34,39-40H,2-19,24-25H2,1H3,(H,54,55)(H2,43,44,45)(H,46,47,53)/t26-,27-,29-,30-,33-,34-,39-,40-,65?/m1/s1. The van der Waals surface area contributed by atoms with Crippen LogP contribution >= 0.6 is 25.8 Å². The lowest BCUT2D eigenvalue weighted by Gasteiger charge is -2.27. The van der Waals surface area contributed by atoms with Crippen LogP contribution < -0.4 is 11.3 Å². The van der Waals surface area contributed by atoms with Crippen LogP contribution in [0.2, 0.25) is 0 Å². The van der Waals surface area contributed by atoms with Crippen molar-refractivity contribution in [1.82, 2.24) is 39.0 Å². The quantitative estimate of drug-likeness (QED) is 0.0314. The topological polar surface area (TPSA) is 269 Å². The SMILES string of the molecule is CCCCCCCCCCCCCCCCCC(=O)OCSP1(=O)OC[C@H]2O[C@@H](n3cnc4c(N)ncnc43)[C@H](F)[C@@H]2OCP(=O)(O)OC[C@H]2O[C@@H](n3cnc4c(=O)[nH]cnc43)[C@H](O1)[C@@H]2F. The highest BCUT2D eigenvalue weighted by Gasteiger charge is 2.54. The summed E-state index contributed by atoms with van der Waals surface area (Å²) in [5.74, 6) is -1.09. The number of fused-ring (bicyclic) bond motifs is 5. The molecule has 0 radical (unpaired) electrons. The lowest BCUT2D eigenvalue weighted by atomic mass is 10.0. The van der Waals surface area contributed by atoms with Crippen molar-refractivity contribution in [3.8, 4) is 0 Å². The van der Waals surface area contributed by atoms with E-state index in [2.05, 4.69) is 36.8 Å². The van der Waals surface area contributed by atoms with Gasteiger partial charge >= 0.3 is 20.4 Å². The van der Waals surface area contributed by atoms with Gasteiger partial charge in [-0.3, -0.25) is 32.3 Å². The van der Waals surface area contributed by atoms with Gasteiger partial charge < -0.3 is 39.1 Å². The zero-order valence-electron chi connectivity index (χ0n) is 36.8. The average Bonchev–Trinajstić information content (AvgIpc) is 4.07. The second kappa shape index (κ2) is 23.7. The van der Waals surface area contributed by atoms with E-state index >= 15 is 8.78 Å². The summed E-state index contributed by atoms with van der Waals surface area (Å²) in [6, 6.07) is 0. The lowest BCUT2D eigenvalue weighted by Crippen LogP contribution is -2.36. The maximum Gasteiger partial charge on any atom is 0.393 e. The number of H-pyrrole nitrogens is 1. The molecule has 2 unspecified atom stereocenters. The smallest absolute Gasteiger partial charge is 0.393 e. The van der Waals surface area contributed by atoms with E-state index in [0.717, 1.165) is 44.7 Å². The van der Waals surface area contributed by atoms with Crippen molar-refractivity contribution in [3.05, 3.63) is 35.7 Å². The van der Waals surface area contributed by atoms with Crippen molar-refractivity contribution in [2.75, 3.05) is 31.2 Å². The Morgan fingerprint density at radius 2 is 1.42 bits per heavy atom. The predicted octanol–water partition coefficient (Wildman–Crippen LogP) is 7.58. The molecule has 26 heteroatoms. The Hall–Kier alpha value is -3.44. The Kier molecular flexibility index (Phi) is 18.1. The molecule has 0 amide bonds. The number of nitrogens with two attached hydrogens (primary N) is 1. The molecule has 0 aliphatic carbocycles. The van der Waals surface area contributed by atoms with Crippen molar-refractivity contribution in [1.29, 1.82) is 0 Å². The van der Waals surface area contributed by atoms with E-state index in [1.54, 1.807) is 0 Å². The van der Waals surface area contributed by atoms with E-state index in [-0.39, 0.29) is 34.6 Å². The van der Waals surface area contributed by atoms with Crippen LogP contribution in [0.25, 0.3) is 22.3 Å².